The molecule has 1 aliphatic rings. The second-order valence-corrected chi connectivity index (χ2v) is 7.08. The van der Waals surface area contributed by atoms with E-state index in [4.69, 9.17) is 4.42 Å². The molecule has 1 amide bonds. The molecule has 0 aliphatic carbocycles. The summed E-state index contributed by atoms with van der Waals surface area (Å²) in [5.74, 6) is 0.909. The fraction of sp³-hybridized carbons (Fsp3) is 0.450. The fourth-order valence-electron chi connectivity index (χ4n) is 3.44. The third-order valence-corrected chi connectivity index (χ3v) is 5.01. The number of rotatable bonds is 7. The normalized spacial score (nSPS) is 16.5. The van der Waals surface area contributed by atoms with Crippen molar-refractivity contribution in [2.75, 3.05) is 56.5 Å². The van der Waals surface area contributed by atoms with Crippen LogP contribution in [0.15, 0.2) is 47.1 Å². The Balaban J connectivity index is 1.47. The second kappa shape index (κ2) is 8.87. The number of hydrogen-bond donors (Lipinski definition) is 3. The van der Waals surface area contributed by atoms with Crippen molar-refractivity contribution in [1.29, 1.82) is 0 Å². The number of nitrogens with zero attached hydrogens (tertiary/aromatic N) is 1. The molecule has 3 N–H and O–H groups in total. The maximum absolute atomic E-state index is 12.2. The Labute approximate surface area is 155 Å². The molecular formula is C20H30N4O2+2. The van der Waals surface area contributed by atoms with E-state index in [0.717, 1.165) is 29.4 Å². The molecule has 26 heavy (non-hydrogen) atoms. The van der Waals surface area contributed by atoms with Crippen LogP contribution in [0.25, 0.3) is 0 Å². The first-order valence-corrected chi connectivity index (χ1v) is 9.46. The number of amides is 1. The number of quaternary nitrogens is 2. The number of nitrogens with one attached hydrogen (secondary N) is 3. The first-order valence-electron chi connectivity index (χ1n) is 9.46. The lowest BCUT2D eigenvalue weighted by Crippen LogP contribution is -3.14. The summed E-state index contributed by atoms with van der Waals surface area (Å²) in [5.41, 5.74) is 2.08. The highest BCUT2D eigenvalue weighted by Gasteiger charge is 2.18. The number of piperazine rings is 1. The average Bonchev–Trinajstić information content (AvgIpc) is 3.15. The van der Waals surface area contributed by atoms with E-state index in [0.29, 0.717) is 13.1 Å². The monoisotopic (exact) mass is 358 g/mol. The highest BCUT2D eigenvalue weighted by Crippen LogP contribution is 2.17. The lowest BCUT2D eigenvalue weighted by Gasteiger charge is -2.33. The molecule has 2 aromatic rings. The molecule has 6 nitrogen and oxygen atoms in total. The van der Waals surface area contributed by atoms with Gasteiger partial charge in [-0.25, -0.2) is 0 Å². The number of carbonyl (C=O) groups is 1. The van der Waals surface area contributed by atoms with E-state index in [1.165, 1.54) is 25.3 Å². The summed E-state index contributed by atoms with van der Waals surface area (Å²) < 4.78 is 5.33. The quantitative estimate of drug-likeness (QED) is 0.635. The molecule has 140 valence electrons. The number of benzene rings is 1. The van der Waals surface area contributed by atoms with Crippen molar-refractivity contribution in [3.8, 4) is 0 Å². The maximum Gasteiger partial charge on any atom is 0.279 e. The lowest BCUT2D eigenvalue weighted by atomic mass is 10.2. The molecule has 1 unspecified atom stereocenters. The standard InChI is InChI=1S/C20H28N4O2/c1-3-23-10-12-24(13-11-23)18-8-6-17(7-9-18)21-20(25)16-22(2)15-19-5-4-14-26-19/h4-9,14H,3,10-13,15-16H2,1-2H3,(H,21,25)/p+2. The largest absolute Gasteiger partial charge is 0.463 e. The van der Waals surface area contributed by atoms with Crippen LogP contribution in [0.2, 0.25) is 0 Å². The summed E-state index contributed by atoms with van der Waals surface area (Å²) in [6.45, 7) is 9.13. The van der Waals surface area contributed by atoms with E-state index >= 15 is 0 Å². The van der Waals surface area contributed by atoms with Crippen molar-refractivity contribution in [2.24, 2.45) is 0 Å². The Morgan fingerprint density at radius 3 is 2.58 bits per heavy atom. The minimum atomic E-state index is 0.0157. The van der Waals surface area contributed by atoms with Gasteiger partial charge in [0, 0.05) is 11.4 Å². The summed E-state index contributed by atoms with van der Waals surface area (Å²) in [6, 6.07) is 12.0. The van der Waals surface area contributed by atoms with Crippen molar-refractivity contribution in [3.05, 3.63) is 48.4 Å². The number of carbonyl (C=O) groups excluding carboxylic acids is 1. The van der Waals surface area contributed by atoms with E-state index in [1.807, 2.05) is 31.3 Å². The predicted octanol–water partition coefficient (Wildman–Crippen LogP) is -0.342. The van der Waals surface area contributed by atoms with Crippen LogP contribution in [0, 0.1) is 0 Å². The van der Waals surface area contributed by atoms with Crippen molar-refractivity contribution < 1.29 is 19.0 Å². The zero-order chi connectivity index (χ0) is 18.4. The van der Waals surface area contributed by atoms with Crippen LogP contribution in [0.5, 0.6) is 0 Å². The third-order valence-electron chi connectivity index (χ3n) is 5.01. The van der Waals surface area contributed by atoms with Gasteiger partial charge < -0.3 is 24.4 Å². The molecule has 0 radical (unpaired) electrons. The van der Waals surface area contributed by atoms with Gasteiger partial charge in [-0.3, -0.25) is 4.79 Å². The van der Waals surface area contributed by atoms with Gasteiger partial charge in [-0.15, -0.1) is 0 Å². The average molecular weight is 358 g/mol. The van der Waals surface area contributed by atoms with Gasteiger partial charge in [0.15, 0.2) is 12.3 Å². The van der Waals surface area contributed by atoms with Gasteiger partial charge in [-0.2, -0.15) is 0 Å². The smallest absolute Gasteiger partial charge is 0.279 e. The molecule has 1 aromatic heterocycles. The van der Waals surface area contributed by atoms with Crippen LogP contribution in [0.3, 0.4) is 0 Å². The SMILES string of the molecule is CC[NH+]1CCN(c2ccc(NC(=O)C[NH+](C)Cc3ccco3)cc2)CC1. The van der Waals surface area contributed by atoms with Crippen LogP contribution in [-0.2, 0) is 11.3 Å². The summed E-state index contributed by atoms with van der Waals surface area (Å²) in [5, 5.41) is 2.99. The van der Waals surface area contributed by atoms with Gasteiger partial charge in [0.25, 0.3) is 5.91 Å². The van der Waals surface area contributed by atoms with Crippen molar-refractivity contribution in [3.63, 3.8) is 0 Å². The Kier molecular flexibility index (Phi) is 6.30. The molecule has 1 saturated heterocycles. The van der Waals surface area contributed by atoms with E-state index in [9.17, 15) is 4.79 Å². The predicted molar refractivity (Wildman–Crippen MR) is 103 cm³/mol. The van der Waals surface area contributed by atoms with Crippen LogP contribution in [0.4, 0.5) is 11.4 Å². The Bertz CT molecular complexity index is 676. The summed E-state index contributed by atoms with van der Waals surface area (Å²) in [7, 11) is 1.99. The summed E-state index contributed by atoms with van der Waals surface area (Å²) in [6.07, 6.45) is 1.66. The topological polar surface area (TPSA) is 54.4 Å². The minimum absolute atomic E-state index is 0.0157. The number of hydrogen-bond acceptors (Lipinski definition) is 3. The zero-order valence-corrected chi connectivity index (χ0v) is 15.8. The minimum Gasteiger partial charge on any atom is -0.463 e. The molecule has 1 aliphatic heterocycles. The highest BCUT2D eigenvalue weighted by molar-refractivity contribution is 5.91. The number of likely N-dealkylation sites (N-methyl/N-ethyl adjacent to an activating group) is 2. The molecule has 0 spiro atoms. The van der Waals surface area contributed by atoms with E-state index in [1.54, 1.807) is 11.2 Å². The van der Waals surface area contributed by atoms with E-state index < -0.39 is 0 Å². The fourth-order valence-corrected chi connectivity index (χ4v) is 3.44. The zero-order valence-electron chi connectivity index (χ0n) is 15.8. The molecule has 1 fully saturated rings. The van der Waals surface area contributed by atoms with Gasteiger partial charge in [0.1, 0.15) is 6.54 Å². The Hall–Kier alpha value is -2.31. The first kappa shape index (κ1) is 18.5. The van der Waals surface area contributed by atoms with Crippen molar-refractivity contribution in [1.82, 2.24) is 0 Å². The molecule has 1 aromatic carbocycles. The second-order valence-electron chi connectivity index (χ2n) is 7.08. The first-order chi connectivity index (χ1) is 12.6. The van der Waals surface area contributed by atoms with Crippen LogP contribution in [-0.4, -0.2) is 52.2 Å². The molecule has 3 rings (SSSR count). The molecule has 0 saturated carbocycles. The number of furan rings is 1. The van der Waals surface area contributed by atoms with Crippen LogP contribution >= 0.6 is 0 Å². The summed E-state index contributed by atoms with van der Waals surface area (Å²) in [4.78, 5) is 17.4. The van der Waals surface area contributed by atoms with Gasteiger partial charge >= 0.3 is 0 Å². The third kappa shape index (κ3) is 5.09. The highest BCUT2D eigenvalue weighted by atomic mass is 16.3. The van der Waals surface area contributed by atoms with Gasteiger partial charge in [-0.1, -0.05) is 0 Å². The molecule has 1 atom stereocenters. The van der Waals surface area contributed by atoms with Crippen molar-refractivity contribution in [2.45, 2.75) is 13.5 Å². The lowest BCUT2D eigenvalue weighted by molar-refractivity contribution is -0.898. The maximum atomic E-state index is 12.2. The molecule has 0 bridgehead atoms. The van der Waals surface area contributed by atoms with Gasteiger partial charge in [0.2, 0.25) is 0 Å². The van der Waals surface area contributed by atoms with Crippen LogP contribution < -0.4 is 20.0 Å². The van der Waals surface area contributed by atoms with Crippen molar-refractivity contribution >= 4 is 17.3 Å². The van der Waals surface area contributed by atoms with E-state index in [2.05, 4.69) is 29.3 Å². The van der Waals surface area contributed by atoms with Crippen LogP contribution in [0.1, 0.15) is 12.7 Å². The molecule has 6 heteroatoms. The molecule has 2 heterocycles. The number of anilines is 2. The van der Waals surface area contributed by atoms with E-state index in [-0.39, 0.29) is 5.91 Å². The van der Waals surface area contributed by atoms with Gasteiger partial charge in [0.05, 0.1) is 46.0 Å². The Morgan fingerprint density at radius 2 is 1.96 bits per heavy atom. The molecular weight excluding hydrogens is 328 g/mol. The summed E-state index contributed by atoms with van der Waals surface area (Å²) >= 11 is 0. The van der Waals surface area contributed by atoms with Gasteiger partial charge in [-0.05, 0) is 43.3 Å². The Morgan fingerprint density at radius 1 is 1.23 bits per heavy atom.